The second kappa shape index (κ2) is 8.87. The first kappa shape index (κ1) is 22.5. The van der Waals surface area contributed by atoms with Crippen molar-refractivity contribution in [1.82, 2.24) is 10.2 Å². The molecule has 1 fully saturated rings. The third-order valence-electron chi connectivity index (χ3n) is 4.86. The molecule has 0 saturated carbocycles. The minimum atomic E-state index is -1.03. The first-order valence-electron chi connectivity index (χ1n) is 9.04. The van der Waals surface area contributed by atoms with Crippen molar-refractivity contribution in [1.29, 1.82) is 0 Å². The van der Waals surface area contributed by atoms with Crippen molar-refractivity contribution in [2.75, 3.05) is 19.6 Å². The molecule has 5 nitrogen and oxygen atoms in total. The molecular weight excluding hydrogens is 350 g/mol. The summed E-state index contributed by atoms with van der Waals surface area (Å²) in [5.41, 5.74) is 5.77. The van der Waals surface area contributed by atoms with Crippen molar-refractivity contribution >= 4 is 24.2 Å². The molecule has 1 aromatic rings. The fourth-order valence-corrected chi connectivity index (χ4v) is 3.15. The van der Waals surface area contributed by atoms with Gasteiger partial charge in [-0.05, 0) is 31.2 Å². The molecule has 1 saturated heterocycles. The quantitative estimate of drug-likeness (QED) is 0.841. The Morgan fingerprint density at radius 3 is 2.38 bits per heavy atom. The van der Waals surface area contributed by atoms with Crippen LogP contribution in [-0.2, 0) is 15.1 Å². The summed E-state index contributed by atoms with van der Waals surface area (Å²) in [6, 6.07) is 9.49. The Morgan fingerprint density at radius 2 is 1.81 bits per heavy atom. The van der Waals surface area contributed by atoms with Gasteiger partial charge in [0.05, 0.1) is 0 Å². The summed E-state index contributed by atoms with van der Waals surface area (Å²) in [7, 11) is 0. The van der Waals surface area contributed by atoms with E-state index in [-0.39, 0.29) is 30.1 Å². The highest BCUT2D eigenvalue weighted by molar-refractivity contribution is 5.87. The number of halogens is 1. The van der Waals surface area contributed by atoms with Crippen LogP contribution in [0.3, 0.4) is 0 Å². The number of hydrogen-bond acceptors (Lipinski definition) is 3. The number of carbonyl (C=O) groups excluding carboxylic acids is 2. The summed E-state index contributed by atoms with van der Waals surface area (Å²) >= 11 is 0. The number of hydrogen-bond donors (Lipinski definition) is 2. The van der Waals surface area contributed by atoms with Gasteiger partial charge in [0.1, 0.15) is 5.54 Å². The normalized spacial score (nSPS) is 19.9. The van der Waals surface area contributed by atoms with Crippen LogP contribution in [0.25, 0.3) is 0 Å². The number of benzene rings is 1. The molecule has 1 aromatic carbocycles. The van der Waals surface area contributed by atoms with E-state index in [1.807, 2.05) is 56.0 Å². The van der Waals surface area contributed by atoms with Gasteiger partial charge < -0.3 is 16.0 Å². The fourth-order valence-electron chi connectivity index (χ4n) is 3.15. The average molecular weight is 382 g/mol. The van der Waals surface area contributed by atoms with Crippen LogP contribution in [0.5, 0.6) is 0 Å². The van der Waals surface area contributed by atoms with Crippen molar-refractivity contribution in [2.24, 2.45) is 17.1 Å². The van der Waals surface area contributed by atoms with Gasteiger partial charge in [-0.1, -0.05) is 51.1 Å². The zero-order chi connectivity index (χ0) is 18.7. The Balaban J connectivity index is 0.00000338. The average Bonchev–Trinajstić information content (AvgIpc) is 2.59. The van der Waals surface area contributed by atoms with Gasteiger partial charge >= 0.3 is 0 Å². The van der Waals surface area contributed by atoms with Crippen molar-refractivity contribution < 1.29 is 9.59 Å². The number of carbonyl (C=O) groups is 2. The lowest BCUT2D eigenvalue weighted by atomic mass is 9.89. The highest BCUT2D eigenvalue weighted by Crippen LogP contribution is 2.24. The van der Waals surface area contributed by atoms with Crippen molar-refractivity contribution in [3.63, 3.8) is 0 Å². The number of rotatable bonds is 4. The van der Waals surface area contributed by atoms with E-state index in [0.29, 0.717) is 13.1 Å². The van der Waals surface area contributed by atoms with Gasteiger partial charge in [-0.2, -0.15) is 0 Å². The minimum Gasteiger partial charge on any atom is -0.355 e. The molecule has 146 valence electrons. The highest BCUT2D eigenvalue weighted by atomic mass is 35.5. The topological polar surface area (TPSA) is 75.4 Å². The molecule has 0 spiro atoms. The molecule has 0 bridgehead atoms. The number of nitrogens with one attached hydrogen (secondary N) is 1. The molecule has 2 unspecified atom stereocenters. The van der Waals surface area contributed by atoms with E-state index in [0.717, 1.165) is 24.9 Å². The third-order valence-corrected chi connectivity index (χ3v) is 4.86. The number of amides is 2. The third kappa shape index (κ3) is 5.45. The van der Waals surface area contributed by atoms with Crippen molar-refractivity contribution in [2.45, 2.75) is 46.1 Å². The summed E-state index contributed by atoms with van der Waals surface area (Å²) in [5.74, 6) is 0.269. The Morgan fingerprint density at radius 1 is 1.19 bits per heavy atom. The number of likely N-dealkylation sites (tertiary alicyclic amines) is 1. The Bertz CT molecular complexity index is 611. The molecule has 2 amide bonds. The van der Waals surface area contributed by atoms with Crippen LogP contribution in [0.15, 0.2) is 30.3 Å². The van der Waals surface area contributed by atoms with E-state index < -0.39 is 11.0 Å². The predicted octanol–water partition coefficient (Wildman–Crippen LogP) is 2.68. The van der Waals surface area contributed by atoms with E-state index in [2.05, 4.69) is 5.32 Å². The lowest BCUT2D eigenvalue weighted by Crippen LogP contribution is -2.54. The molecule has 26 heavy (non-hydrogen) atoms. The van der Waals surface area contributed by atoms with E-state index in [1.54, 1.807) is 6.92 Å². The maximum absolute atomic E-state index is 13.0. The van der Waals surface area contributed by atoms with E-state index >= 15 is 0 Å². The monoisotopic (exact) mass is 381 g/mol. The standard InChI is InChI=1S/C20H31N3O2.ClH/c1-19(2,3)17(24)22-13-15-9-8-12-23(14-15)18(25)20(4,21)16-10-6-5-7-11-16;/h5-7,10-11,15H,8-9,12-14,21H2,1-4H3,(H,22,24);1H. The fraction of sp³-hybridized carbons (Fsp3) is 0.600. The maximum atomic E-state index is 13.0. The Hall–Kier alpha value is -1.59. The Labute approximate surface area is 163 Å². The van der Waals surface area contributed by atoms with Crippen LogP contribution in [0.2, 0.25) is 0 Å². The van der Waals surface area contributed by atoms with E-state index in [1.165, 1.54) is 0 Å². The summed E-state index contributed by atoms with van der Waals surface area (Å²) in [4.78, 5) is 26.9. The summed E-state index contributed by atoms with van der Waals surface area (Å²) in [6.45, 7) is 9.45. The van der Waals surface area contributed by atoms with Crippen LogP contribution in [0.1, 0.15) is 46.1 Å². The molecule has 2 atom stereocenters. The molecule has 1 aliphatic rings. The molecule has 1 aliphatic heterocycles. The van der Waals surface area contributed by atoms with Gasteiger partial charge in [0, 0.05) is 25.0 Å². The van der Waals surface area contributed by atoms with Crippen LogP contribution < -0.4 is 11.1 Å². The number of nitrogens with zero attached hydrogens (tertiary/aromatic N) is 1. The lowest BCUT2D eigenvalue weighted by molar-refractivity contribution is -0.138. The van der Waals surface area contributed by atoms with Crippen molar-refractivity contribution in [3.8, 4) is 0 Å². The zero-order valence-corrected chi connectivity index (χ0v) is 17.1. The van der Waals surface area contributed by atoms with Gasteiger partial charge in [-0.25, -0.2) is 0 Å². The molecule has 1 heterocycles. The van der Waals surface area contributed by atoms with Crippen molar-refractivity contribution in [3.05, 3.63) is 35.9 Å². The number of piperidine rings is 1. The smallest absolute Gasteiger partial charge is 0.246 e. The SMILES string of the molecule is CC(C)(C)C(=O)NCC1CCCN(C(=O)C(C)(N)c2ccccc2)C1.Cl. The Kier molecular flexibility index (Phi) is 7.66. The van der Waals surface area contributed by atoms with Gasteiger partial charge in [0.25, 0.3) is 0 Å². The second-order valence-electron chi connectivity index (χ2n) is 8.29. The number of nitrogens with two attached hydrogens (primary N) is 1. The first-order valence-corrected chi connectivity index (χ1v) is 9.04. The van der Waals surface area contributed by atoms with Gasteiger partial charge in [-0.15, -0.1) is 12.4 Å². The van der Waals surface area contributed by atoms with E-state index in [9.17, 15) is 9.59 Å². The highest BCUT2D eigenvalue weighted by Gasteiger charge is 2.36. The predicted molar refractivity (Wildman–Crippen MR) is 107 cm³/mol. The van der Waals surface area contributed by atoms with Crippen LogP contribution in [-0.4, -0.2) is 36.3 Å². The molecular formula is C20H32ClN3O2. The van der Waals surface area contributed by atoms with Gasteiger partial charge in [0.15, 0.2) is 0 Å². The van der Waals surface area contributed by atoms with Crippen LogP contribution >= 0.6 is 12.4 Å². The van der Waals surface area contributed by atoms with Gasteiger partial charge in [-0.3, -0.25) is 9.59 Å². The first-order chi connectivity index (χ1) is 11.6. The zero-order valence-electron chi connectivity index (χ0n) is 16.2. The lowest BCUT2D eigenvalue weighted by Gasteiger charge is -2.38. The summed E-state index contributed by atoms with van der Waals surface area (Å²) < 4.78 is 0. The largest absolute Gasteiger partial charge is 0.355 e. The molecule has 0 radical (unpaired) electrons. The van der Waals surface area contributed by atoms with Crippen LogP contribution in [0, 0.1) is 11.3 Å². The molecule has 2 rings (SSSR count). The molecule has 3 N–H and O–H groups in total. The molecule has 0 aromatic heterocycles. The minimum absolute atomic E-state index is 0. The van der Waals surface area contributed by atoms with Crippen LogP contribution in [0.4, 0.5) is 0 Å². The maximum Gasteiger partial charge on any atom is 0.246 e. The summed E-state index contributed by atoms with van der Waals surface area (Å²) in [5, 5.41) is 3.01. The molecule has 6 heteroatoms. The van der Waals surface area contributed by atoms with E-state index in [4.69, 9.17) is 5.73 Å². The van der Waals surface area contributed by atoms with Gasteiger partial charge in [0.2, 0.25) is 11.8 Å². The molecule has 0 aliphatic carbocycles. The second-order valence-corrected chi connectivity index (χ2v) is 8.29. The summed E-state index contributed by atoms with van der Waals surface area (Å²) in [6.07, 6.45) is 1.95.